The Morgan fingerprint density at radius 3 is 2.59 bits per heavy atom. The number of hydrogen-bond acceptors (Lipinski definition) is 4. The van der Waals surface area contributed by atoms with Crippen LogP contribution in [0, 0.1) is 11.7 Å². The Morgan fingerprint density at radius 2 is 1.86 bits per heavy atom. The number of halogens is 1. The SMILES string of the molecule is COc1ccc(CN2C(=O)C3CCCNC3N(Cc3ccccc3F)C2=O)cc1. The molecule has 1 N–H and O–H groups in total. The van der Waals surface area contributed by atoms with Gasteiger partial charge < -0.3 is 9.64 Å². The average molecular weight is 397 g/mol. The van der Waals surface area contributed by atoms with Crippen molar-refractivity contribution >= 4 is 11.9 Å². The van der Waals surface area contributed by atoms with Crippen LogP contribution in [-0.2, 0) is 17.9 Å². The number of imide groups is 1. The minimum atomic E-state index is -0.407. The third kappa shape index (κ3) is 3.82. The third-order valence-electron chi connectivity index (χ3n) is 5.62. The number of fused-ring (bicyclic) bond motifs is 1. The minimum Gasteiger partial charge on any atom is -0.497 e. The largest absolute Gasteiger partial charge is 0.497 e. The predicted molar refractivity (Wildman–Crippen MR) is 105 cm³/mol. The summed E-state index contributed by atoms with van der Waals surface area (Å²) in [6, 6.07) is 13.3. The summed E-state index contributed by atoms with van der Waals surface area (Å²) in [6.45, 7) is 1.03. The van der Waals surface area contributed by atoms with Crippen LogP contribution in [0.15, 0.2) is 48.5 Å². The highest BCUT2D eigenvalue weighted by atomic mass is 19.1. The van der Waals surface area contributed by atoms with Gasteiger partial charge in [0, 0.05) is 5.56 Å². The van der Waals surface area contributed by atoms with Crippen LogP contribution in [0.1, 0.15) is 24.0 Å². The van der Waals surface area contributed by atoms with Crippen molar-refractivity contribution < 1.29 is 18.7 Å². The molecule has 29 heavy (non-hydrogen) atoms. The molecule has 0 spiro atoms. The van der Waals surface area contributed by atoms with Crippen LogP contribution in [0.3, 0.4) is 0 Å². The van der Waals surface area contributed by atoms with Crippen molar-refractivity contribution in [3.8, 4) is 5.75 Å². The van der Waals surface area contributed by atoms with Gasteiger partial charge in [-0.15, -0.1) is 0 Å². The number of methoxy groups -OCH3 is 1. The van der Waals surface area contributed by atoms with Crippen molar-refractivity contribution in [1.82, 2.24) is 15.1 Å². The van der Waals surface area contributed by atoms with Gasteiger partial charge in [-0.3, -0.25) is 15.0 Å². The molecule has 2 fully saturated rings. The van der Waals surface area contributed by atoms with E-state index in [0.717, 1.165) is 18.5 Å². The quantitative estimate of drug-likeness (QED) is 0.842. The number of hydrogen-bond donors (Lipinski definition) is 1. The Bertz CT molecular complexity index is 902. The number of benzene rings is 2. The highest BCUT2D eigenvalue weighted by molar-refractivity contribution is 5.98. The summed E-state index contributed by atoms with van der Waals surface area (Å²) in [5, 5.41) is 3.29. The number of carbonyl (C=O) groups is 2. The Labute approximate surface area is 169 Å². The van der Waals surface area contributed by atoms with Crippen LogP contribution >= 0.6 is 0 Å². The molecule has 0 aliphatic carbocycles. The Balaban J connectivity index is 1.62. The molecule has 0 saturated carbocycles. The lowest BCUT2D eigenvalue weighted by atomic mass is 9.91. The maximum absolute atomic E-state index is 14.2. The van der Waals surface area contributed by atoms with E-state index in [0.29, 0.717) is 17.7 Å². The molecule has 2 heterocycles. The van der Waals surface area contributed by atoms with Gasteiger partial charge in [0.2, 0.25) is 5.91 Å². The lowest BCUT2D eigenvalue weighted by molar-refractivity contribution is -0.142. The zero-order valence-electron chi connectivity index (χ0n) is 16.3. The molecule has 0 aromatic heterocycles. The van der Waals surface area contributed by atoms with Crippen LogP contribution in [0.2, 0.25) is 0 Å². The van der Waals surface area contributed by atoms with E-state index in [1.54, 1.807) is 42.3 Å². The number of nitrogens with one attached hydrogen (secondary N) is 1. The zero-order valence-corrected chi connectivity index (χ0v) is 16.3. The predicted octanol–water partition coefficient (Wildman–Crippen LogP) is 3.12. The van der Waals surface area contributed by atoms with Crippen LogP contribution < -0.4 is 10.1 Å². The van der Waals surface area contributed by atoms with Gasteiger partial charge in [0.25, 0.3) is 0 Å². The summed E-state index contributed by atoms with van der Waals surface area (Å²) in [5.74, 6) is -0.145. The Kier molecular flexibility index (Phi) is 5.49. The van der Waals surface area contributed by atoms with Crippen LogP contribution in [0.25, 0.3) is 0 Å². The van der Waals surface area contributed by atoms with Gasteiger partial charge in [0.1, 0.15) is 11.6 Å². The van der Waals surface area contributed by atoms with E-state index < -0.39 is 12.2 Å². The van der Waals surface area contributed by atoms with Crippen LogP contribution in [-0.4, -0.2) is 41.6 Å². The molecule has 0 radical (unpaired) electrons. The van der Waals surface area contributed by atoms with E-state index in [1.807, 2.05) is 12.1 Å². The van der Waals surface area contributed by atoms with Gasteiger partial charge in [-0.1, -0.05) is 30.3 Å². The van der Waals surface area contributed by atoms with Crippen molar-refractivity contribution in [2.24, 2.45) is 5.92 Å². The van der Waals surface area contributed by atoms with E-state index in [2.05, 4.69) is 5.32 Å². The summed E-state index contributed by atoms with van der Waals surface area (Å²) in [4.78, 5) is 29.3. The van der Waals surface area contributed by atoms with E-state index in [-0.39, 0.29) is 30.7 Å². The standard InChI is InChI=1S/C22H24FN3O3/c1-29-17-10-8-15(9-11-17)13-26-21(27)18-6-4-12-24-20(18)25(22(26)28)14-16-5-2-3-7-19(16)23/h2-3,5,7-11,18,20,24H,4,6,12-14H2,1H3. The van der Waals surface area contributed by atoms with Gasteiger partial charge in [-0.2, -0.15) is 0 Å². The fraction of sp³-hybridized carbons (Fsp3) is 0.364. The first-order chi connectivity index (χ1) is 14.1. The highest BCUT2D eigenvalue weighted by Gasteiger charge is 2.47. The topological polar surface area (TPSA) is 61.9 Å². The first-order valence-electron chi connectivity index (χ1n) is 9.80. The number of piperidine rings is 1. The van der Waals surface area contributed by atoms with Gasteiger partial charge in [-0.25, -0.2) is 9.18 Å². The van der Waals surface area contributed by atoms with Crippen molar-refractivity contribution in [3.05, 3.63) is 65.5 Å². The van der Waals surface area contributed by atoms with Crippen LogP contribution in [0.5, 0.6) is 5.75 Å². The van der Waals surface area contributed by atoms with Gasteiger partial charge in [-0.05, 0) is 43.1 Å². The van der Waals surface area contributed by atoms with E-state index in [1.165, 1.54) is 11.0 Å². The molecule has 2 atom stereocenters. The van der Waals surface area contributed by atoms with Crippen molar-refractivity contribution in [1.29, 1.82) is 0 Å². The number of nitrogens with zero attached hydrogens (tertiary/aromatic N) is 2. The summed E-state index contributed by atoms with van der Waals surface area (Å²) in [7, 11) is 1.59. The summed E-state index contributed by atoms with van der Waals surface area (Å²) in [5.41, 5.74) is 1.27. The van der Waals surface area contributed by atoms with Crippen LogP contribution in [0.4, 0.5) is 9.18 Å². The third-order valence-corrected chi connectivity index (χ3v) is 5.62. The number of ether oxygens (including phenoxy) is 1. The number of rotatable bonds is 5. The molecule has 2 aliphatic rings. The maximum Gasteiger partial charge on any atom is 0.328 e. The highest BCUT2D eigenvalue weighted by Crippen LogP contribution is 2.30. The second-order valence-corrected chi connectivity index (χ2v) is 7.42. The zero-order chi connectivity index (χ0) is 20.4. The smallest absolute Gasteiger partial charge is 0.328 e. The molecule has 2 aromatic carbocycles. The van der Waals surface area contributed by atoms with E-state index >= 15 is 0 Å². The molecule has 2 unspecified atom stereocenters. The Hall–Kier alpha value is -2.93. The fourth-order valence-corrected chi connectivity index (χ4v) is 4.06. The first kappa shape index (κ1) is 19.4. The van der Waals surface area contributed by atoms with Gasteiger partial charge in [0.05, 0.1) is 32.3 Å². The molecular weight excluding hydrogens is 373 g/mol. The molecular formula is C22H24FN3O3. The molecule has 2 saturated heterocycles. The number of urea groups is 1. The summed E-state index contributed by atoms with van der Waals surface area (Å²) >= 11 is 0. The minimum absolute atomic E-state index is 0.117. The molecule has 152 valence electrons. The summed E-state index contributed by atoms with van der Waals surface area (Å²) < 4.78 is 19.4. The van der Waals surface area contributed by atoms with Crippen molar-refractivity contribution in [2.75, 3.05) is 13.7 Å². The number of carbonyl (C=O) groups excluding carboxylic acids is 2. The van der Waals surface area contributed by atoms with Gasteiger partial charge >= 0.3 is 6.03 Å². The van der Waals surface area contributed by atoms with E-state index in [4.69, 9.17) is 4.74 Å². The normalized spacial score (nSPS) is 21.9. The number of amides is 3. The van der Waals surface area contributed by atoms with Crippen molar-refractivity contribution in [3.63, 3.8) is 0 Å². The maximum atomic E-state index is 14.2. The molecule has 0 bridgehead atoms. The fourth-order valence-electron chi connectivity index (χ4n) is 4.06. The second kappa shape index (κ2) is 8.21. The monoisotopic (exact) mass is 397 g/mol. The average Bonchev–Trinajstić information content (AvgIpc) is 2.76. The molecule has 7 heteroatoms. The molecule has 2 aliphatic heterocycles. The Morgan fingerprint density at radius 1 is 1.10 bits per heavy atom. The van der Waals surface area contributed by atoms with Gasteiger partial charge in [0.15, 0.2) is 0 Å². The second-order valence-electron chi connectivity index (χ2n) is 7.42. The summed E-state index contributed by atoms with van der Waals surface area (Å²) in [6.07, 6.45) is 1.16. The lowest BCUT2D eigenvalue weighted by Gasteiger charge is -2.47. The molecule has 4 rings (SSSR count). The first-order valence-corrected chi connectivity index (χ1v) is 9.80. The molecule has 6 nitrogen and oxygen atoms in total. The van der Waals surface area contributed by atoms with Crippen molar-refractivity contribution in [2.45, 2.75) is 32.1 Å². The van der Waals surface area contributed by atoms with E-state index in [9.17, 15) is 14.0 Å². The molecule has 2 aromatic rings. The molecule has 3 amide bonds. The lowest BCUT2D eigenvalue weighted by Crippen LogP contribution is -2.66.